The first kappa shape index (κ1) is 20.4. The molecule has 0 aliphatic carbocycles. The lowest BCUT2D eigenvalue weighted by Gasteiger charge is -2.39. The van der Waals surface area contributed by atoms with Crippen molar-refractivity contribution in [3.63, 3.8) is 0 Å². The molecule has 2 fully saturated rings. The van der Waals surface area contributed by atoms with Crippen LogP contribution >= 0.6 is 11.3 Å². The standard InChI is InChI=1S/C26H27FN2OS/c1-18-2-4-19(5-3-18)14-28-12-10-25-24(15-28)23(21-11-13-31-17-21)16-29(25)26(30)20-6-8-22(27)9-7-20/h2-9,11,13,17,23-25H,10,12,14-16H2,1H3/t23-,24-,25-/m0/s1. The highest BCUT2D eigenvalue weighted by molar-refractivity contribution is 7.08. The van der Waals surface area contributed by atoms with Crippen LogP contribution in [0.1, 0.15) is 39.4 Å². The van der Waals surface area contributed by atoms with E-state index in [0.717, 1.165) is 32.6 Å². The molecule has 160 valence electrons. The van der Waals surface area contributed by atoms with Gasteiger partial charge in [-0.15, -0.1) is 0 Å². The van der Waals surface area contributed by atoms with Crippen molar-refractivity contribution in [2.24, 2.45) is 5.92 Å². The molecule has 3 heterocycles. The summed E-state index contributed by atoms with van der Waals surface area (Å²) in [5.41, 5.74) is 4.54. The Labute approximate surface area is 187 Å². The van der Waals surface area contributed by atoms with Gasteiger partial charge in [0.1, 0.15) is 5.82 Å². The number of piperidine rings is 1. The lowest BCUT2D eigenvalue weighted by Crippen LogP contribution is -2.47. The highest BCUT2D eigenvalue weighted by Gasteiger charge is 2.47. The first-order chi connectivity index (χ1) is 15.1. The number of nitrogens with zero attached hydrogens (tertiary/aromatic N) is 2. The summed E-state index contributed by atoms with van der Waals surface area (Å²) in [6.07, 6.45) is 0.976. The minimum Gasteiger partial charge on any atom is -0.335 e. The zero-order valence-corrected chi connectivity index (χ0v) is 18.5. The molecule has 3 nitrogen and oxygen atoms in total. The zero-order chi connectivity index (χ0) is 21.4. The van der Waals surface area contributed by atoms with Crippen LogP contribution in [0.5, 0.6) is 0 Å². The molecule has 0 unspecified atom stereocenters. The SMILES string of the molecule is Cc1ccc(CN2CC[C@H]3[C@@H](C2)[C@H](c2ccsc2)CN3C(=O)c2ccc(F)cc2)cc1. The van der Waals surface area contributed by atoms with Crippen LogP contribution in [0.15, 0.2) is 65.4 Å². The average molecular weight is 435 g/mol. The number of rotatable bonds is 4. The number of thiophene rings is 1. The van der Waals surface area contributed by atoms with Crippen molar-refractivity contribution in [3.8, 4) is 0 Å². The molecule has 1 amide bonds. The number of carbonyl (C=O) groups excluding carboxylic acids is 1. The maximum absolute atomic E-state index is 13.4. The van der Waals surface area contributed by atoms with E-state index in [1.54, 1.807) is 23.5 Å². The van der Waals surface area contributed by atoms with Gasteiger partial charge >= 0.3 is 0 Å². The van der Waals surface area contributed by atoms with Crippen LogP contribution in [0.3, 0.4) is 0 Å². The van der Waals surface area contributed by atoms with E-state index < -0.39 is 0 Å². The number of amides is 1. The van der Waals surface area contributed by atoms with E-state index in [1.165, 1.54) is 28.8 Å². The molecule has 2 aliphatic rings. The molecule has 0 saturated carbocycles. The maximum atomic E-state index is 13.4. The average Bonchev–Trinajstić information content (AvgIpc) is 3.43. The molecule has 0 N–H and O–H groups in total. The van der Waals surface area contributed by atoms with Gasteiger partial charge in [0.2, 0.25) is 0 Å². The zero-order valence-electron chi connectivity index (χ0n) is 17.7. The van der Waals surface area contributed by atoms with Gasteiger partial charge in [0, 0.05) is 49.6 Å². The Morgan fingerprint density at radius 1 is 1.06 bits per heavy atom. The van der Waals surface area contributed by atoms with Gasteiger partial charge in [0.15, 0.2) is 0 Å². The van der Waals surface area contributed by atoms with Crippen LogP contribution < -0.4 is 0 Å². The Morgan fingerprint density at radius 2 is 1.84 bits per heavy atom. The molecule has 1 aromatic heterocycles. The Bertz CT molecular complexity index is 1030. The van der Waals surface area contributed by atoms with Gasteiger partial charge in [-0.05, 0) is 65.6 Å². The van der Waals surface area contributed by atoms with Crippen molar-refractivity contribution in [2.75, 3.05) is 19.6 Å². The van der Waals surface area contributed by atoms with E-state index in [0.29, 0.717) is 17.4 Å². The number of halogens is 1. The molecular weight excluding hydrogens is 407 g/mol. The number of aryl methyl sites for hydroxylation is 1. The van der Waals surface area contributed by atoms with Gasteiger partial charge in [-0.25, -0.2) is 4.39 Å². The van der Waals surface area contributed by atoms with Crippen LogP contribution in [-0.2, 0) is 6.54 Å². The summed E-state index contributed by atoms with van der Waals surface area (Å²) < 4.78 is 13.4. The van der Waals surface area contributed by atoms with E-state index in [2.05, 4.69) is 57.8 Å². The molecular formula is C26H27FN2OS. The van der Waals surface area contributed by atoms with Crippen molar-refractivity contribution < 1.29 is 9.18 Å². The highest BCUT2D eigenvalue weighted by atomic mass is 32.1. The Kier molecular flexibility index (Phi) is 5.63. The second-order valence-electron chi connectivity index (χ2n) is 8.87. The van der Waals surface area contributed by atoms with Crippen LogP contribution in [0.2, 0.25) is 0 Å². The molecule has 2 aromatic carbocycles. The largest absolute Gasteiger partial charge is 0.335 e. The minimum atomic E-state index is -0.309. The van der Waals surface area contributed by atoms with Crippen molar-refractivity contribution in [3.05, 3.63) is 93.4 Å². The van der Waals surface area contributed by atoms with E-state index >= 15 is 0 Å². The third-order valence-electron chi connectivity index (χ3n) is 6.87. The quantitative estimate of drug-likeness (QED) is 0.554. The van der Waals surface area contributed by atoms with Crippen LogP contribution in [0, 0.1) is 18.7 Å². The molecule has 0 bridgehead atoms. The van der Waals surface area contributed by atoms with E-state index in [9.17, 15) is 9.18 Å². The van der Waals surface area contributed by atoms with E-state index in [-0.39, 0.29) is 17.8 Å². The van der Waals surface area contributed by atoms with Gasteiger partial charge in [-0.2, -0.15) is 11.3 Å². The number of hydrogen-bond acceptors (Lipinski definition) is 3. The normalized spacial score (nSPS) is 23.7. The summed E-state index contributed by atoms with van der Waals surface area (Å²) in [5, 5.41) is 4.36. The lowest BCUT2D eigenvalue weighted by molar-refractivity contribution is 0.0614. The number of benzene rings is 2. The van der Waals surface area contributed by atoms with Crippen LogP contribution in [0.4, 0.5) is 4.39 Å². The van der Waals surface area contributed by atoms with Crippen molar-refractivity contribution in [1.29, 1.82) is 0 Å². The number of fused-ring (bicyclic) bond motifs is 1. The summed E-state index contributed by atoms with van der Waals surface area (Å²) in [6, 6.07) is 17.2. The molecule has 3 aromatic rings. The number of likely N-dealkylation sites (tertiary alicyclic amines) is 2. The minimum absolute atomic E-state index is 0.0275. The van der Waals surface area contributed by atoms with Gasteiger partial charge in [-0.3, -0.25) is 9.69 Å². The fourth-order valence-electron chi connectivity index (χ4n) is 5.23. The van der Waals surface area contributed by atoms with E-state index in [1.807, 2.05) is 0 Å². The third kappa shape index (κ3) is 4.17. The van der Waals surface area contributed by atoms with Gasteiger partial charge in [0.05, 0.1) is 0 Å². The third-order valence-corrected chi connectivity index (χ3v) is 7.57. The topological polar surface area (TPSA) is 23.6 Å². The molecule has 2 saturated heterocycles. The predicted molar refractivity (Wildman–Crippen MR) is 123 cm³/mol. The predicted octanol–water partition coefficient (Wildman–Crippen LogP) is 5.33. The summed E-state index contributed by atoms with van der Waals surface area (Å²) in [4.78, 5) is 17.9. The second-order valence-corrected chi connectivity index (χ2v) is 9.65. The summed E-state index contributed by atoms with van der Waals surface area (Å²) in [7, 11) is 0. The van der Waals surface area contributed by atoms with Crippen molar-refractivity contribution in [2.45, 2.75) is 31.8 Å². The fraction of sp³-hybridized carbons (Fsp3) is 0.346. The van der Waals surface area contributed by atoms with Gasteiger partial charge in [-0.1, -0.05) is 29.8 Å². The molecule has 5 heteroatoms. The molecule has 2 aliphatic heterocycles. The molecule has 3 atom stereocenters. The van der Waals surface area contributed by atoms with Gasteiger partial charge < -0.3 is 4.90 Å². The van der Waals surface area contributed by atoms with E-state index in [4.69, 9.17) is 0 Å². The lowest BCUT2D eigenvalue weighted by atomic mass is 9.82. The maximum Gasteiger partial charge on any atom is 0.254 e. The smallest absolute Gasteiger partial charge is 0.254 e. The highest BCUT2D eigenvalue weighted by Crippen LogP contribution is 2.43. The molecule has 31 heavy (non-hydrogen) atoms. The summed E-state index contributed by atoms with van der Waals surface area (Å²) in [5.74, 6) is 0.482. The molecule has 0 spiro atoms. The monoisotopic (exact) mass is 434 g/mol. The summed E-state index contributed by atoms with van der Waals surface area (Å²) >= 11 is 1.72. The van der Waals surface area contributed by atoms with Crippen LogP contribution in [-0.4, -0.2) is 41.4 Å². The molecule has 5 rings (SSSR count). The Morgan fingerprint density at radius 3 is 2.55 bits per heavy atom. The summed E-state index contributed by atoms with van der Waals surface area (Å²) in [6.45, 7) is 5.78. The fourth-order valence-corrected chi connectivity index (χ4v) is 5.96. The Hall–Kier alpha value is -2.50. The molecule has 0 radical (unpaired) electrons. The van der Waals surface area contributed by atoms with Crippen LogP contribution in [0.25, 0.3) is 0 Å². The first-order valence-corrected chi connectivity index (χ1v) is 11.9. The van der Waals surface area contributed by atoms with Crippen molar-refractivity contribution in [1.82, 2.24) is 9.80 Å². The number of carbonyl (C=O) groups is 1. The number of hydrogen-bond donors (Lipinski definition) is 0. The van der Waals surface area contributed by atoms with Gasteiger partial charge in [0.25, 0.3) is 5.91 Å². The van der Waals surface area contributed by atoms with Crippen molar-refractivity contribution >= 4 is 17.2 Å². The Balaban J connectivity index is 1.37. The first-order valence-electron chi connectivity index (χ1n) is 10.9. The second kappa shape index (κ2) is 8.56.